The van der Waals surface area contributed by atoms with Crippen LogP contribution in [0.3, 0.4) is 0 Å². The van der Waals surface area contributed by atoms with Gasteiger partial charge in [-0.2, -0.15) is 10.4 Å². The van der Waals surface area contributed by atoms with E-state index in [1.54, 1.807) is 11.7 Å². The van der Waals surface area contributed by atoms with Gasteiger partial charge in [0.2, 0.25) is 0 Å². The molecule has 0 unspecified atom stereocenters. The highest BCUT2D eigenvalue weighted by Gasteiger charge is 2.16. The Morgan fingerprint density at radius 3 is 2.58 bits per heavy atom. The molecule has 0 spiro atoms. The molecule has 3 aromatic rings. The summed E-state index contributed by atoms with van der Waals surface area (Å²) in [6.45, 7) is 3.63. The van der Waals surface area contributed by atoms with Crippen molar-refractivity contribution >= 4 is 47.1 Å². The number of guanidine groups is 1. The number of benzene rings is 1. The molecule has 0 atom stereocenters. The second-order valence-corrected chi connectivity index (χ2v) is 8.00. The fourth-order valence-corrected chi connectivity index (χ4v) is 4.00. The first-order valence-electron chi connectivity index (χ1n) is 10.0. The summed E-state index contributed by atoms with van der Waals surface area (Å²) >= 11 is 1.82. The lowest BCUT2D eigenvalue weighted by molar-refractivity contribution is 0.723. The van der Waals surface area contributed by atoms with Gasteiger partial charge in [0.1, 0.15) is 17.5 Å². The van der Waals surface area contributed by atoms with E-state index >= 15 is 0 Å². The number of nitrogens with two attached hydrogens (primary N) is 1. The molecule has 3 rings (SSSR count). The average Bonchev–Trinajstić information content (AvgIpc) is 3.37. The number of nitriles is 1. The number of aromatic nitrogens is 2. The largest absolute Gasteiger partial charge is 0.382 e. The number of aliphatic imine (C=N–C) groups is 1. The van der Waals surface area contributed by atoms with Gasteiger partial charge in [-0.3, -0.25) is 4.99 Å². The van der Waals surface area contributed by atoms with Crippen molar-refractivity contribution in [2.24, 2.45) is 4.99 Å². The molecule has 0 aliphatic rings. The molecule has 0 bridgehead atoms. The Hall–Kier alpha value is -2.58. The van der Waals surface area contributed by atoms with E-state index in [-0.39, 0.29) is 24.0 Å². The second-order valence-electron chi connectivity index (χ2n) is 6.74. The van der Waals surface area contributed by atoms with Crippen LogP contribution in [0.25, 0.3) is 5.69 Å². The molecule has 0 aliphatic heterocycles. The zero-order valence-corrected chi connectivity index (χ0v) is 20.9. The number of rotatable bonds is 8. The van der Waals surface area contributed by atoms with Crippen LogP contribution in [-0.4, -0.2) is 29.3 Å². The van der Waals surface area contributed by atoms with E-state index in [0.29, 0.717) is 30.0 Å². The van der Waals surface area contributed by atoms with Crippen LogP contribution in [0.2, 0.25) is 0 Å². The van der Waals surface area contributed by atoms with Crippen molar-refractivity contribution in [3.05, 3.63) is 63.5 Å². The van der Waals surface area contributed by atoms with Gasteiger partial charge in [-0.05, 0) is 43.5 Å². The maximum atomic E-state index is 9.51. The number of halogens is 1. The summed E-state index contributed by atoms with van der Waals surface area (Å²) in [5.41, 5.74) is 8.18. The van der Waals surface area contributed by atoms with Crippen LogP contribution in [-0.2, 0) is 19.4 Å². The van der Waals surface area contributed by atoms with Crippen LogP contribution >= 0.6 is 35.3 Å². The first-order chi connectivity index (χ1) is 14.7. The van der Waals surface area contributed by atoms with Crippen molar-refractivity contribution in [1.82, 2.24) is 20.4 Å². The molecule has 1 aromatic carbocycles. The zero-order chi connectivity index (χ0) is 21.3. The summed E-state index contributed by atoms with van der Waals surface area (Å²) in [6, 6.07) is 16.1. The van der Waals surface area contributed by atoms with Crippen molar-refractivity contribution in [3.63, 3.8) is 0 Å². The summed E-state index contributed by atoms with van der Waals surface area (Å²) in [5, 5.41) is 20.7. The third kappa shape index (κ3) is 6.45. The highest BCUT2D eigenvalue weighted by molar-refractivity contribution is 14.0. The van der Waals surface area contributed by atoms with Gasteiger partial charge in [0.05, 0.1) is 17.9 Å². The van der Waals surface area contributed by atoms with Crippen LogP contribution in [0, 0.1) is 11.3 Å². The van der Waals surface area contributed by atoms with E-state index in [1.807, 2.05) is 41.7 Å². The molecular weight excluding hydrogens is 521 g/mol. The number of anilines is 1. The minimum atomic E-state index is 0. The monoisotopic (exact) mass is 549 g/mol. The van der Waals surface area contributed by atoms with Crippen LogP contribution < -0.4 is 16.4 Å². The lowest BCUT2D eigenvalue weighted by Gasteiger charge is -2.10. The normalized spacial score (nSPS) is 10.9. The van der Waals surface area contributed by atoms with Crippen molar-refractivity contribution in [2.45, 2.75) is 32.7 Å². The molecule has 9 heteroatoms. The second kappa shape index (κ2) is 12.3. The van der Waals surface area contributed by atoms with Crippen LogP contribution in [0.1, 0.15) is 34.4 Å². The predicted octanol–water partition coefficient (Wildman–Crippen LogP) is 3.87. The average molecular weight is 549 g/mol. The molecule has 0 radical (unpaired) electrons. The Labute approximate surface area is 204 Å². The molecule has 164 valence electrons. The number of nitrogens with one attached hydrogen (secondary N) is 2. The van der Waals surface area contributed by atoms with Crippen LogP contribution in [0.15, 0.2) is 47.5 Å². The Kier molecular flexibility index (Phi) is 9.81. The van der Waals surface area contributed by atoms with Gasteiger partial charge in [0, 0.05) is 23.3 Å². The molecule has 2 aromatic heterocycles. The van der Waals surface area contributed by atoms with E-state index in [2.05, 4.69) is 45.9 Å². The quantitative estimate of drug-likeness (QED) is 0.171. The van der Waals surface area contributed by atoms with Gasteiger partial charge in [-0.25, -0.2) is 4.68 Å². The molecule has 0 saturated carbocycles. The molecule has 0 aliphatic carbocycles. The van der Waals surface area contributed by atoms with Gasteiger partial charge < -0.3 is 16.4 Å². The van der Waals surface area contributed by atoms with Gasteiger partial charge in [-0.15, -0.1) is 35.3 Å². The van der Waals surface area contributed by atoms with Crippen molar-refractivity contribution in [1.29, 1.82) is 5.26 Å². The van der Waals surface area contributed by atoms with E-state index in [0.717, 1.165) is 31.0 Å². The molecular formula is C22H28IN7S. The van der Waals surface area contributed by atoms with Gasteiger partial charge in [0.25, 0.3) is 0 Å². The van der Waals surface area contributed by atoms with Crippen molar-refractivity contribution in [3.8, 4) is 11.8 Å². The Morgan fingerprint density at radius 1 is 1.19 bits per heavy atom. The standard InChI is InChI=1S/C22H27N7S.HI/c1-3-17-11-12-18(30-17)15-27-22(25-2)26-13-7-10-20-19(14-23)21(24)29(28-20)16-8-5-4-6-9-16;/h4-6,8-9,11-12H,3,7,10,13,15,24H2,1-2H3,(H2,25,26,27);1H. The van der Waals surface area contributed by atoms with E-state index in [4.69, 9.17) is 5.73 Å². The SMILES string of the molecule is CCc1ccc(CNC(=NC)NCCCc2nn(-c3ccccc3)c(N)c2C#N)s1.I. The van der Waals surface area contributed by atoms with Crippen LogP contribution in [0.4, 0.5) is 5.82 Å². The van der Waals surface area contributed by atoms with Crippen LogP contribution in [0.5, 0.6) is 0 Å². The molecule has 31 heavy (non-hydrogen) atoms. The zero-order valence-electron chi connectivity index (χ0n) is 17.8. The maximum Gasteiger partial charge on any atom is 0.191 e. The Morgan fingerprint density at radius 2 is 1.94 bits per heavy atom. The fourth-order valence-electron chi connectivity index (χ4n) is 3.10. The summed E-state index contributed by atoms with van der Waals surface area (Å²) in [7, 11) is 1.76. The molecule has 4 N–H and O–H groups in total. The number of nitrogens with zero attached hydrogens (tertiary/aromatic N) is 4. The Balaban J connectivity index is 0.00000341. The van der Waals surface area contributed by atoms with Gasteiger partial charge >= 0.3 is 0 Å². The summed E-state index contributed by atoms with van der Waals surface area (Å²) < 4.78 is 1.63. The molecule has 7 nitrogen and oxygen atoms in total. The summed E-state index contributed by atoms with van der Waals surface area (Å²) in [6.07, 6.45) is 2.52. The molecule has 0 fully saturated rings. The minimum Gasteiger partial charge on any atom is -0.382 e. The number of hydrogen-bond acceptors (Lipinski definition) is 5. The van der Waals surface area contributed by atoms with E-state index < -0.39 is 0 Å². The minimum absolute atomic E-state index is 0. The fraction of sp³-hybridized carbons (Fsp3) is 0.318. The maximum absolute atomic E-state index is 9.51. The van der Waals surface area contributed by atoms with Gasteiger partial charge in [-0.1, -0.05) is 25.1 Å². The lowest BCUT2D eigenvalue weighted by atomic mass is 10.1. The highest BCUT2D eigenvalue weighted by Crippen LogP contribution is 2.21. The third-order valence-electron chi connectivity index (χ3n) is 4.71. The number of nitrogen functional groups attached to an aromatic ring is 1. The third-order valence-corrected chi connectivity index (χ3v) is 5.94. The van der Waals surface area contributed by atoms with E-state index in [9.17, 15) is 5.26 Å². The van der Waals surface area contributed by atoms with E-state index in [1.165, 1.54) is 9.75 Å². The number of aryl methyl sites for hydroxylation is 2. The van der Waals surface area contributed by atoms with Crippen molar-refractivity contribution < 1.29 is 0 Å². The lowest BCUT2D eigenvalue weighted by Crippen LogP contribution is -2.37. The molecule has 2 heterocycles. The summed E-state index contributed by atoms with van der Waals surface area (Å²) in [4.78, 5) is 6.95. The number of thiophene rings is 1. The first kappa shape index (κ1) is 24.7. The predicted molar refractivity (Wildman–Crippen MR) is 138 cm³/mol. The number of para-hydroxylation sites is 1. The highest BCUT2D eigenvalue weighted by atomic mass is 127. The smallest absolute Gasteiger partial charge is 0.191 e. The number of hydrogen-bond donors (Lipinski definition) is 3. The van der Waals surface area contributed by atoms with Gasteiger partial charge in [0.15, 0.2) is 5.96 Å². The topological polar surface area (TPSA) is 104 Å². The summed E-state index contributed by atoms with van der Waals surface area (Å²) in [5.74, 6) is 1.14. The molecule has 0 amide bonds. The molecule has 0 saturated heterocycles. The first-order valence-corrected chi connectivity index (χ1v) is 10.8. The van der Waals surface area contributed by atoms with Crippen molar-refractivity contribution in [2.75, 3.05) is 19.3 Å². The Bertz CT molecular complexity index is 1030.